The quantitative estimate of drug-likeness (QED) is 0.474. The zero-order valence-corrected chi connectivity index (χ0v) is 11.4. The Labute approximate surface area is 116 Å². The number of hydrogen-bond acceptors (Lipinski definition) is 6. The fourth-order valence-electron chi connectivity index (χ4n) is 1.90. The second-order valence-corrected chi connectivity index (χ2v) is 4.07. The number of carbonyl (C=O) groups is 2. The summed E-state index contributed by atoms with van der Waals surface area (Å²) in [4.78, 5) is 23.9. The SMILES string of the molecule is CCOC(=O)C(=O)c1c(OC)ccc2c1OCCCO2. The Morgan fingerprint density at radius 2 is 2.00 bits per heavy atom. The molecule has 1 aromatic carbocycles. The number of rotatable bonds is 4. The van der Waals surface area contributed by atoms with Gasteiger partial charge in [0.15, 0.2) is 11.5 Å². The van der Waals surface area contributed by atoms with Crippen LogP contribution in [0.25, 0.3) is 0 Å². The molecule has 0 bridgehead atoms. The maximum atomic E-state index is 12.2. The molecule has 0 spiro atoms. The zero-order valence-electron chi connectivity index (χ0n) is 11.4. The van der Waals surface area contributed by atoms with Gasteiger partial charge in [-0.15, -0.1) is 0 Å². The van der Waals surface area contributed by atoms with E-state index in [1.165, 1.54) is 7.11 Å². The first kappa shape index (κ1) is 14.2. The first-order valence-corrected chi connectivity index (χ1v) is 6.37. The number of Topliss-reactive ketones (excluding diaryl/α,β-unsaturated/α-hetero) is 1. The van der Waals surface area contributed by atoms with E-state index in [1.54, 1.807) is 19.1 Å². The molecule has 108 valence electrons. The van der Waals surface area contributed by atoms with E-state index >= 15 is 0 Å². The molecule has 1 aliphatic rings. The second-order valence-electron chi connectivity index (χ2n) is 4.07. The van der Waals surface area contributed by atoms with Crippen LogP contribution >= 0.6 is 0 Å². The van der Waals surface area contributed by atoms with E-state index in [9.17, 15) is 9.59 Å². The number of esters is 1. The summed E-state index contributed by atoms with van der Waals surface area (Å²) in [6.07, 6.45) is 0.698. The number of carbonyl (C=O) groups excluding carboxylic acids is 2. The van der Waals surface area contributed by atoms with Gasteiger partial charge in [0.05, 0.1) is 26.9 Å². The van der Waals surface area contributed by atoms with E-state index in [1.807, 2.05) is 0 Å². The number of methoxy groups -OCH3 is 1. The zero-order chi connectivity index (χ0) is 14.5. The Balaban J connectivity index is 2.48. The summed E-state index contributed by atoms with van der Waals surface area (Å²) in [6, 6.07) is 3.22. The molecular weight excluding hydrogens is 264 g/mol. The predicted molar refractivity (Wildman–Crippen MR) is 69.6 cm³/mol. The largest absolute Gasteiger partial charge is 0.496 e. The van der Waals surface area contributed by atoms with Crippen LogP contribution in [0.15, 0.2) is 12.1 Å². The molecule has 0 saturated heterocycles. The van der Waals surface area contributed by atoms with Crippen molar-refractivity contribution in [2.75, 3.05) is 26.9 Å². The van der Waals surface area contributed by atoms with Gasteiger partial charge in [-0.05, 0) is 19.1 Å². The maximum absolute atomic E-state index is 12.2. The van der Waals surface area contributed by atoms with Gasteiger partial charge in [-0.3, -0.25) is 4.79 Å². The summed E-state index contributed by atoms with van der Waals surface area (Å²) in [5, 5.41) is 0. The Bertz CT molecular complexity index is 523. The Hall–Kier alpha value is -2.24. The molecular formula is C14H16O6. The standard InChI is InChI=1S/C14H16O6/c1-3-18-14(16)12(15)11-9(17-2)5-6-10-13(11)20-8-4-7-19-10/h5-6H,3-4,7-8H2,1-2H3. The Morgan fingerprint density at radius 1 is 1.25 bits per heavy atom. The van der Waals surface area contributed by atoms with Crippen molar-refractivity contribution in [2.45, 2.75) is 13.3 Å². The third-order valence-corrected chi connectivity index (χ3v) is 2.78. The Kier molecular flexibility index (Phi) is 4.45. The highest BCUT2D eigenvalue weighted by atomic mass is 16.5. The summed E-state index contributed by atoms with van der Waals surface area (Å²) in [5.41, 5.74) is 0.0466. The highest BCUT2D eigenvalue weighted by molar-refractivity contribution is 6.42. The highest BCUT2D eigenvalue weighted by Gasteiger charge is 2.29. The van der Waals surface area contributed by atoms with Crippen molar-refractivity contribution < 1.29 is 28.5 Å². The minimum atomic E-state index is -0.938. The third-order valence-electron chi connectivity index (χ3n) is 2.78. The van der Waals surface area contributed by atoms with E-state index in [2.05, 4.69) is 0 Å². The summed E-state index contributed by atoms with van der Waals surface area (Å²) < 4.78 is 20.9. The molecule has 0 N–H and O–H groups in total. The molecule has 0 amide bonds. The molecule has 0 radical (unpaired) electrons. The average Bonchev–Trinajstić information content (AvgIpc) is 2.70. The van der Waals surface area contributed by atoms with Crippen molar-refractivity contribution in [3.8, 4) is 17.2 Å². The van der Waals surface area contributed by atoms with Crippen LogP contribution in [0, 0.1) is 0 Å². The van der Waals surface area contributed by atoms with E-state index in [4.69, 9.17) is 18.9 Å². The van der Waals surface area contributed by atoms with Gasteiger partial charge < -0.3 is 18.9 Å². The van der Waals surface area contributed by atoms with E-state index in [0.29, 0.717) is 25.4 Å². The molecule has 0 saturated carbocycles. The maximum Gasteiger partial charge on any atom is 0.379 e. The molecule has 0 atom stereocenters. The van der Waals surface area contributed by atoms with Crippen LogP contribution in [-0.4, -0.2) is 38.7 Å². The first-order valence-electron chi connectivity index (χ1n) is 6.37. The van der Waals surface area contributed by atoms with Gasteiger partial charge in [-0.25, -0.2) is 4.79 Å². The summed E-state index contributed by atoms with van der Waals surface area (Å²) >= 11 is 0. The number of ether oxygens (including phenoxy) is 4. The second kappa shape index (κ2) is 6.27. The van der Waals surface area contributed by atoms with Crippen molar-refractivity contribution in [3.63, 3.8) is 0 Å². The minimum absolute atomic E-state index is 0.0466. The normalized spacial score (nSPS) is 13.3. The van der Waals surface area contributed by atoms with Crippen LogP contribution in [0.5, 0.6) is 17.2 Å². The lowest BCUT2D eigenvalue weighted by molar-refractivity contribution is -0.137. The molecule has 1 aliphatic heterocycles. The van der Waals surface area contributed by atoms with Gasteiger partial charge in [0, 0.05) is 6.42 Å². The fourth-order valence-corrected chi connectivity index (χ4v) is 1.90. The molecule has 0 unspecified atom stereocenters. The van der Waals surface area contributed by atoms with Crippen molar-refractivity contribution in [1.82, 2.24) is 0 Å². The van der Waals surface area contributed by atoms with Crippen LogP contribution in [-0.2, 0) is 9.53 Å². The van der Waals surface area contributed by atoms with E-state index < -0.39 is 11.8 Å². The molecule has 6 heteroatoms. The fraction of sp³-hybridized carbons (Fsp3) is 0.429. The van der Waals surface area contributed by atoms with E-state index in [-0.39, 0.29) is 23.7 Å². The lowest BCUT2D eigenvalue weighted by atomic mass is 10.1. The van der Waals surface area contributed by atoms with Crippen LogP contribution in [0.3, 0.4) is 0 Å². The van der Waals surface area contributed by atoms with Gasteiger partial charge in [0.2, 0.25) is 0 Å². The number of benzene rings is 1. The minimum Gasteiger partial charge on any atom is -0.496 e. The average molecular weight is 280 g/mol. The molecule has 6 nitrogen and oxygen atoms in total. The topological polar surface area (TPSA) is 71.1 Å². The molecule has 0 aromatic heterocycles. The summed E-state index contributed by atoms with van der Waals surface area (Å²) in [5.74, 6) is -0.818. The van der Waals surface area contributed by atoms with Gasteiger partial charge in [-0.2, -0.15) is 0 Å². The monoisotopic (exact) mass is 280 g/mol. The van der Waals surface area contributed by atoms with Crippen LogP contribution in [0.1, 0.15) is 23.7 Å². The first-order chi connectivity index (χ1) is 9.69. The molecule has 1 aromatic rings. The summed E-state index contributed by atoms with van der Waals surface area (Å²) in [6.45, 7) is 2.66. The number of hydrogen-bond donors (Lipinski definition) is 0. The summed E-state index contributed by atoms with van der Waals surface area (Å²) in [7, 11) is 1.42. The number of ketones is 1. The molecule has 1 heterocycles. The number of fused-ring (bicyclic) bond motifs is 1. The van der Waals surface area contributed by atoms with Crippen molar-refractivity contribution in [2.24, 2.45) is 0 Å². The highest BCUT2D eigenvalue weighted by Crippen LogP contribution is 2.39. The van der Waals surface area contributed by atoms with Crippen molar-refractivity contribution >= 4 is 11.8 Å². The van der Waals surface area contributed by atoms with Gasteiger partial charge in [0.1, 0.15) is 11.3 Å². The van der Waals surface area contributed by atoms with Crippen LogP contribution < -0.4 is 14.2 Å². The van der Waals surface area contributed by atoms with Gasteiger partial charge >= 0.3 is 5.97 Å². The van der Waals surface area contributed by atoms with Crippen molar-refractivity contribution in [3.05, 3.63) is 17.7 Å². The molecule has 20 heavy (non-hydrogen) atoms. The lowest BCUT2D eigenvalue weighted by Crippen LogP contribution is -2.19. The van der Waals surface area contributed by atoms with E-state index in [0.717, 1.165) is 0 Å². The molecule has 0 fully saturated rings. The van der Waals surface area contributed by atoms with Crippen LogP contribution in [0.2, 0.25) is 0 Å². The van der Waals surface area contributed by atoms with Gasteiger partial charge in [0.25, 0.3) is 5.78 Å². The predicted octanol–water partition coefficient (Wildman–Crippen LogP) is 1.60. The van der Waals surface area contributed by atoms with Crippen molar-refractivity contribution in [1.29, 1.82) is 0 Å². The van der Waals surface area contributed by atoms with Crippen LogP contribution in [0.4, 0.5) is 0 Å². The lowest BCUT2D eigenvalue weighted by Gasteiger charge is -2.14. The molecule has 2 rings (SSSR count). The Morgan fingerprint density at radius 3 is 2.70 bits per heavy atom. The smallest absolute Gasteiger partial charge is 0.379 e. The molecule has 0 aliphatic carbocycles. The third kappa shape index (κ3) is 2.68. The van der Waals surface area contributed by atoms with Gasteiger partial charge in [-0.1, -0.05) is 0 Å².